The maximum absolute atomic E-state index is 10.2. The summed E-state index contributed by atoms with van der Waals surface area (Å²) in [4.78, 5) is 48.0. The van der Waals surface area contributed by atoms with Crippen molar-refractivity contribution in [2.24, 2.45) is 28.9 Å². The third-order valence-corrected chi connectivity index (χ3v) is 3.42. The highest BCUT2D eigenvalue weighted by Crippen LogP contribution is 2.04. The molecule has 0 amide bonds. The van der Waals surface area contributed by atoms with Crippen LogP contribution in [0, 0.1) is 5.92 Å². The molecule has 0 spiro atoms. The molecule has 0 radical (unpaired) electrons. The van der Waals surface area contributed by atoms with Crippen LogP contribution >= 0.6 is 0 Å². The van der Waals surface area contributed by atoms with E-state index in [1.807, 2.05) is 13.8 Å². The van der Waals surface area contributed by atoms with Crippen LogP contribution in [0.3, 0.4) is 0 Å². The average molecular weight is 472 g/mol. The Kier molecular flexibility index (Phi) is 27.9. The molecule has 0 saturated carbocycles. The van der Waals surface area contributed by atoms with Gasteiger partial charge in [-0.1, -0.05) is 20.3 Å². The lowest BCUT2D eigenvalue weighted by molar-refractivity contribution is -0.140. The van der Waals surface area contributed by atoms with E-state index in [9.17, 15) is 24.0 Å². The van der Waals surface area contributed by atoms with E-state index >= 15 is 0 Å². The lowest BCUT2D eigenvalue weighted by atomic mass is 10.0. The van der Waals surface area contributed by atoms with Crippen LogP contribution in [-0.4, -0.2) is 93.6 Å². The number of aliphatic carboxylic acids is 5. The second kappa shape index (κ2) is 24.4. The molecule has 0 aromatic rings. The van der Waals surface area contributed by atoms with Gasteiger partial charge in [0.05, 0.1) is 19.6 Å². The zero-order chi connectivity index (χ0) is 26.3. The van der Waals surface area contributed by atoms with Crippen molar-refractivity contribution in [1.82, 2.24) is 5.32 Å². The van der Waals surface area contributed by atoms with E-state index in [1.54, 1.807) is 0 Å². The van der Waals surface area contributed by atoms with E-state index in [2.05, 4.69) is 22.5 Å². The second-order valence-electron chi connectivity index (χ2n) is 6.03. The van der Waals surface area contributed by atoms with Gasteiger partial charge in [0.15, 0.2) is 0 Å². The molecule has 0 aromatic carbocycles. The van der Waals surface area contributed by atoms with Crippen LogP contribution in [0.15, 0.2) is 0 Å². The SMILES string of the molecule is CC[C@H](C)[C@H](N)C(=O)O.NCC(=O)O.NCC(=O)O.NCC(=O)O.O=C(O)[C@@H]1CCCN1. The number of hydrogen-bond acceptors (Lipinski definition) is 10. The van der Waals surface area contributed by atoms with Crippen LogP contribution in [-0.2, 0) is 24.0 Å². The van der Waals surface area contributed by atoms with Gasteiger partial charge >= 0.3 is 29.8 Å². The van der Waals surface area contributed by atoms with Crippen molar-refractivity contribution >= 4 is 29.8 Å². The first-order chi connectivity index (χ1) is 14.7. The zero-order valence-corrected chi connectivity index (χ0v) is 18.3. The molecule has 3 atom stereocenters. The number of rotatable bonds is 7. The first-order valence-electron chi connectivity index (χ1n) is 9.41. The summed E-state index contributed by atoms with van der Waals surface area (Å²) in [6.07, 6.45) is 2.60. The molecule has 15 nitrogen and oxygen atoms in total. The minimum Gasteiger partial charge on any atom is -0.480 e. The standard InChI is InChI=1S/C6H13NO2.C5H9NO2.3C2H5NO2/c1-3-4(2)5(7)6(8)9;7-5(8)4-2-1-3-6-4;3*3-1-2(4)5/h4-5H,3,7H2,1-2H3,(H,8,9);4,6H,1-3H2,(H,7,8);3*1,3H2,(H,4,5)/t4-,5-;4-;;;/m00.../s1. The number of nitrogens with two attached hydrogens (primary N) is 4. The Labute approximate surface area is 185 Å². The topological polar surface area (TPSA) is 303 Å². The van der Waals surface area contributed by atoms with Gasteiger partial charge in [-0.05, 0) is 25.3 Å². The van der Waals surface area contributed by atoms with E-state index in [4.69, 9.17) is 31.3 Å². The Bertz CT molecular complexity index is 509. The fourth-order valence-electron chi connectivity index (χ4n) is 1.39. The molecular weight excluding hydrogens is 434 g/mol. The molecule has 1 rings (SSSR count). The van der Waals surface area contributed by atoms with Gasteiger partial charge in [-0.3, -0.25) is 24.0 Å². The van der Waals surface area contributed by atoms with Crippen LogP contribution in [0.5, 0.6) is 0 Å². The monoisotopic (exact) mass is 471 g/mol. The largest absolute Gasteiger partial charge is 0.480 e. The van der Waals surface area contributed by atoms with Gasteiger partial charge in [-0.15, -0.1) is 0 Å². The molecule has 32 heavy (non-hydrogen) atoms. The van der Waals surface area contributed by atoms with Crippen LogP contribution < -0.4 is 28.3 Å². The number of hydrogen-bond donors (Lipinski definition) is 10. The molecule has 14 N–H and O–H groups in total. The smallest absolute Gasteiger partial charge is 0.320 e. The molecule has 1 aliphatic heterocycles. The molecule has 190 valence electrons. The molecule has 1 saturated heterocycles. The molecule has 1 heterocycles. The number of carboxylic acids is 5. The van der Waals surface area contributed by atoms with Crippen molar-refractivity contribution in [3.05, 3.63) is 0 Å². The highest BCUT2D eigenvalue weighted by Gasteiger charge is 2.20. The van der Waals surface area contributed by atoms with Crippen LogP contribution in [0.2, 0.25) is 0 Å². The normalized spacial score (nSPS) is 15.2. The molecule has 0 unspecified atom stereocenters. The van der Waals surface area contributed by atoms with E-state index < -0.39 is 35.9 Å². The van der Waals surface area contributed by atoms with Gasteiger partial charge in [-0.25, -0.2) is 0 Å². The Balaban J connectivity index is -0.000000158. The summed E-state index contributed by atoms with van der Waals surface area (Å²) in [5, 5.41) is 42.4. The summed E-state index contributed by atoms with van der Waals surface area (Å²) >= 11 is 0. The first kappa shape index (κ1) is 36.5. The van der Waals surface area contributed by atoms with Crippen molar-refractivity contribution in [1.29, 1.82) is 0 Å². The van der Waals surface area contributed by atoms with Crippen molar-refractivity contribution in [3.8, 4) is 0 Å². The van der Waals surface area contributed by atoms with Gasteiger partial charge < -0.3 is 53.8 Å². The molecule has 1 aliphatic rings. The molecule has 1 fully saturated rings. The van der Waals surface area contributed by atoms with Crippen molar-refractivity contribution < 1.29 is 49.5 Å². The molecule has 0 aromatic heterocycles. The average Bonchev–Trinajstić information content (AvgIpc) is 3.29. The first-order valence-corrected chi connectivity index (χ1v) is 9.41. The maximum atomic E-state index is 10.2. The Morgan fingerprint density at radius 2 is 1.22 bits per heavy atom. The molecule has 15 heteroatoms. The maximum Gasteiger partial charge on any atom is 0.320 e. The summed E-state index contributed by atoms with van der Waals surface area (Å²) in [5.74, 6) is -4.46. The van der Waals surface area contributed by atoms with Gasteiger partial charge in [0.2, 0.25) is 0 Å². The van der Waals surface area contributed by atoms with E-state index in [1.165, 1.54) is 0 Å². The third kappa shape index (κ3) is 31.8. The predicted octanol–water partition coefficient (Wildman–Crippen LogP) is -2.64. The highest BCUT2D eigenvalue weighted by atomic mass is 16.4. The van der Waals surface area contributed by atoms with E-state index in [0.717, 1.165) is 25.8 Å². The van der Waals surface area contributed by atoms with E-state index in [-0.39, 0.29) is 31.6 Å². The van der Waals surface area contributed by atoms with Crippen LogP contribution in [0.1, 0.15) is 33.1 Å². The Morgan fingerprint density at radius 1 is 0.875 bits per heavy atom. The molecular formula is C17H37N5O10. The van der Waals surface area contributed by atoms with Gasteiger partial charge in [0.1, 0.15) is 12.1 Å². The van der Waals surface area contributed by atoms with Crippen LogP contribution in [0.4, 0.5) is 0 Å². The second-order valence-corrected chi connectivity index (χ2v) is 6.03. The van der Waals surface area contributed by atoms with Crippen molar-refractivity contribution in [3.63, 3.8) is 0 Å². The van der Waals surface area contributed by atoms with Gasteiger partial charge in [-0.2, -0.15) is 0 Å². The minimum atomic E-state index is -0.968. The lowest BCUT2D eigenvalue weighted by Gasteiger charge is -2.11. The fourth-order valence-corrected chi connectivity index (χ4v) is 1.39. The Morgan fingerprint density at radius 3 is 1.31 bits per heavy atom. The zero-order valence-electron chi connectivity index (χ0n) is 18.3. The number of nitrogens with one attached hydrogen (secondary N) is 1. The van der Waals surface area contributed by atoms with Crippen LogP contribution in [0.25, 0.3) is 0 Å². The molecule has 0 aliphatic carbocycles. The van der Waals surface area contributed by atoms with E-state index in [0.29, 0.717) is 0 Å². The summed E-state index contributed by atoms with van der Waals surface area (Å²) in [5.41, 5.74) is 19.0. The Hall–Kier alpha value is -2.85. The lowest BCUT2D eigenvalue weighted by Crippen LogP contribution is -2.36. The summed E-state index contributed by atoms with van der Waals surface area (Å²) in [6.45, 7) is 3.78. The number of carboxylic acid groups (broad SMARTS) is 5. The quantitative estimate of drug-likeness (QED) is 0.181. The summed E-state index contributed by atoms with van der Waals surface area (Å²) in [7, 11) is 0. The highest BCUT2D eigenvalue weighted by molar-refractivity contribution is 5.74. The van der Waals surface area contributed by atoms with Crippen molar-refractivity contribution in [2.45, 2.75) is 45.2 Å². The fraction of sp³-hybridized carbons (Fsp3) is 0.706. The molecule has 0 bridgehead atoms. The van der Waals surface area contributed by atoms with Gasteiger partial charge in [0.25, 0.3) is 0 Å². The number of carbonyl (C=O) groups is 5. The minimum absolute atomic E-state index is 0.0718. The predicted molar refractivity (Wildman–Crippen MR) is 114 cm³/mol. The summed E-state index contributed by atoms with van der Waals surface area (Å²) < 4.78 is 0. The summed E-state index contributed by atoms with van der Waals surface area (Å²) in [6, 6.07) is -0.968. The van der Waals surface area contributed by atoms with Crippen molar-refractivity contribution in [2.75, 3.05) is 26.2 Å². The van der Waals surface area contributed by atoms with Gasteiger partial charge in [0, 0.05) is 0 Å². The third-order valence-electron chi connectivity index (χ3n) is 3.42.